The quantitative estimate of drug-likeness (QED) is 0.330. The molecule has 0 fully saturated rings. The first kappa shape index (κ1) is 22.5. The van der Waals surface area contributed by atoms with Crippen molar-refractivity contribution in [3.05, 3.63) is 70.8 Å². The average Bonchev–Trinajstić information content (AvgIpc) is 2.60. The average molecular weight is 411 g/mol. The van der Waals surface area contributed by atoms with Crippen molar-refractivity contribution >= 4 is 23.7 Å². The molecule has 29 heavy (non-hydrogen) atoms. The molecule has 0 atom stereocenters. The zero-order valence-corrected chi connectivity index (χ0v) is 18.6. The predicted molar refractivity (Wildman–Crippen MR) is 117 cm³/mol. The van der Waals surface area contributed by atoms with Gasteiger partial charge >= 0.3 is 11.9 Å². The minimum atomic E-state index is -0.428. The summed E-state index contributed by atoms with van der Waals surface area (Å²) in [6, 6.07) is 7.94. The summed E-state index contributed by atoms with van der Waals surface area (Å²) in [4.78, 5) is 25.8. The van der Waals surface area contributed by atoms with E-state index in [-0.39, 0.29) is 0 Å². The van der Waals surface area contributed by atoms with Crippen molar-refractivity contribution in [3.63, 3.8) is 0 Å². The van der Waals surface area contributed by atoms with Gasteiger partial charge in [0.05, 0.1) is 0 Å². The normalized spacial score (nSPS) is 10.4. The summed E-state index contributed by atoms with van der Waals surface area (Å²) >= 11 is 1.60. The Bertz CT molecular complexity index is 890. The summed E-state index contributed by atoms with van der Waals surface area (Å²) in [6.45, 7) is 18.1. The predicted octanol–water partition coefficient (Wildman–Crippen LogP) is 6.03. The zero-order valence-electron chi connectivity index (χ0n) is 17.8. The maximum atomic E-state index is 11.8. The second-order valence-electron chi connectivity index (χ2n) is 7.21. The van der Waals surface area contributed by atoms with Gasteiger partial charge in [-0.05, 0) is 88.1 Å². The summed E-state index contributed by atoms with van der Waals surface area (Å²) in [5.74, 6) is 0.277. The van der Waals surface area contributed by atoms with Crippen molar-refractivity contribution in [2.75, 3.05) is 0 Å². The van der Waals surface area contributed by atoms with E-state index in [9.17, 15) is 9.59 Å². The monoisotopic (exact) mass is 410 g/mol. The molecule has 0 N–H and O–H groups in total. The molecule has 4 nitrogen and oxygen atoms in total. The van der Waals surface area contributed by atoms with Crippen LogP contribution in [0.25, 0.3) is 0 Å². The minimum Gasteiger partial charge on any atom is -0.423 e. The summed E-state index contributed by atoms with van der Waals surface area (Å²) < 4.78 is 10.9. The summed E-state index contributed by atoms with van der Waals surface area (Å²) in [6.07, 6.45) is 0. The third-order valence-corrected chi connectivity index (χ3v) is 5.13. The molecule has 5 heteroatoms. The number of rotatable bonds is 6. The number of esters is 2. The Balaban J connectivity index is 2.28. The molecule has 0 saturated carbocycles. The lowest BCUT2D eigenvalue weighted by Crippen LogP contribution is -2.10. The molecular formula is C24H26O4S. The molecule has 0 saturated heterocycles. The Kier molecular flexibility index (Phi) is 7.09. The second kappa shape index (κ2) is 9.14. The van der Waals surface area contributed by atoms with Gasteiger partial charge in [-0.1, -0.05) is 24.9 Å². The lowest BCUT2D eigenvalue weighted by Gasteiger charge is -2.15. The largest absolute Gasteiger partial charge is 0.423 e. The van der Waals surface area contributed by atoms with Crippen LogP contribution in [0.1, 0.15) is 36.1 Å². The van der Waals surface area contributed by atoms with E-state index in [0.717, 1.165) is 32.0 Å². The van der Waals surface area contributed by atoms with E-state index < -0.39 is 11.9 Å². The van der Waals surface area contributed by atoms with Crippen LogP contribution in [0.3, 0.4) is 0 Å². The first-order valence-corrected chi connectivity index (χ1v) is 9.97. The molecule has 0 aliphatic rings. The molecule has 0 unspecified atom stereocenters. The lowest BCUT2D eigenvalue weighted by atomic mass is 10.1. The van der Waals surface area contributed by atoms with Crippen LogP contribution in [0.2, 0.25) is 0 Å². The molecular weight excluding hydrogens is 384 g/mol. The van der Waals surface area contributed by atoms with E-state index in [2.05, 4.69) is 13.2 Å². The van der Waals surface area contributed by atoms with Gasteiger partial charge in [-0.3, -0.25) is 0 Å². The fourth-order valence-corrected chi connectivity index (χ4v) is 3.97. The molecule has 0 bridgehead atoms. The van der Waals surface area contributed by atoms with E-state index in [1.54, 1.807) is 25.6 Å². The number of benzene rings is 2. The lowest BCUT2D eigenvalue weighted by molar-refractivity contribution is -0.131. The van der Waals surface area contributed by atoms with Crippen molar-refractivity contribution in [2.24, 2.45) is 0 Å². The third kappa shape index (κ3) is 5.61. The zero-order chi connectivity index (χ0) is 21.9. The molecule has 2 rings (SSSR count). The second-order valence-corrected chi connectivity index (χ2v) is 8.36. The number of carbonyl (C=O) groups is 2. The Morgan fingerprint density at radius 3 is 1.21 bits per heavy atom. The van der Waals surface area contributed by atoms with Gasteiger partial charge in [-0.25, -0.2) is 9.59 Å². The van der Waals surface area contributed by atoms with E-state index in [0.29, 0.717) is 22.6 Å². The summed E-state index contributed by atoms with van der Waals surface area (Å²) in [7, 11) is 0. The van der Waals surface area contributed by atoms with Gasteiger partial charge < -0.3 is 9.47 Å². The first-order valence-electron chi connectivity index (χ1n) is 9.15. The highest BCUT2D eigenvalue weighted by Crippen LogP contribution is 2.37. The molecule has 0 radical (unpaired) electrons. The molecule has 2 aromatic carbocycles. The molecule has 0 heterocycles. The van der Waals surface area contributed by atoms with Gasteiger partial charge in [-0.2, -0.15) is 0 Å². The van der Waals surface area contributed by atoms with Crippen LogP contribution in [0, 0.1) is 27.7 Å². The van der Waals surface area contributed by atoms with Gasteiger partial charge in [0, 0.05) is 20.9 Å². The first-order chi connectivity index (χ1) is 13.5. The van der Waals surface area contributed by atoms with Crippen molar-refractivity contribution in [1.29, 1.82) is 0 Å². The Labute approximate surface area is 176 Å². The van der Waals surface area contributed by atoms with Crippen LogP contribution < -0.4 is 9.47 Å². The standard InChI is InChI=1S/C24H26O4S/c1-13(2)23(25)27-21-15(5)9-19(10-16(21)6)29-20-11-17(7)22(18(8)12-20)28-24(26)14(3)4/h9-12H,1,3H2,2,4-8H3. The number of ether oxygens (including phenoxy) is 2. The van der Waals surface area contributed by atoms with Gasteiger partial charge in [0.2, 0.25) is 0 Å². The third-order valence-electron chi connectivity index (χ3n) is 4.19. The van der Waals surface area contributed by atoms with Crippen LogP contribution in [0.4, 0.5) is 0 Å². The Morgan fingerprint density at radius 2 is 0.966 bits per heavy atom. The fraction of sp³-hybridized carbons (Fsp3) is 0.250. The van der Waals surface area contributed by atoms with Crippen LogP contribution in [0.15, 0.2) is 58.4 Å². The highest BCUT2D eigenvalue weighted by molar-refractivity contribution is 7.99. The van der Waals surface area contributed by atoms with E-state index in [1.807, 2.05) is 52.0 Å². The van der Waals surface area contributed by atoms with Crippen molar-refractivity contribution < 1.29 is 19.1 Å². The smallest absolute Gasteiger partial charge is 0.338 e. The minimum absolute atomic E-state index is 0.362. The molecule has 0 aliphatic heterocycles. The summed E-state index contributed by atoms with van der Waals surface area (Å²) in [5.41, 5.74) is 4.23. The number of aryl methyl sites for hydroxylation is 4. The van der Waals surface area contributed by atoms with Gasteiger partial charge in [0.15, 0.2) is 0 Å². The number of hydrogen-bond donors (Lipinski definition) is 0. The summed E-state index contributed by atoms with van der Waals surface area (Å²) in [5, 5.41) is 0. The molecule has 2 aromatic rings. The van der Waals surface area contributed by atoms with Gasteiger partial charge in [-0.15, -0.1) is 0 Å². The van der Waals surface area contributed by atoms with Crippen molar-refractivity contribution in [3.8, 4) is 11.5 Å². The van der Waals surface area contributed by atoms with Crippen LogP contribution >= 0.6 is 11.8 Å². The van der Waals surface area contributed by atoms with Crippen molar-refractivity contribution in [1.82, 2.24) is 0 Å². The van der Waals surface area contributed by atoms with E-state index in [4.69, 9.17) is 9.47 Å². The van der Waals surface area contributed by atoms with Crippen LogP contribution in [-0.2, 0) is 9.59 Å². The van der Waals surface area contributed by atoms with Crippen LogP contribution in [-0.4, -0.2) is 11.9 Å². The van der Waals surface area contributed by atoms with E-state index in [1.165, 1.54) is 0 Å². The highest BCUT2D eigenvalue weighted by Gasteiger charge is 2.15. The maximum Gasteiger partial charge on any atom is 0.338 e. The van der Waals surface area contributed by atoms with Gasteiger partial charge in [0.1, 0.15) is 11.5 Å². The highest BCUT2D eigenvalue weighted by atomic mass is 32.2. The maximum absolute atomic E-state index is 11.8. The molecule has 0 aliphatic carbocycles. The van der Waals surface area contributed by atoms with Crippen molar-refractivity contribution in [2.45, 2.75) is 51.3 Å². The van der Waals surface area contributed by atoms with Crippen LogP contribution in [0.5, 0.6) is 11.5 Å². The van der Waals surface area contributed by atoms with Gasteiger partial charge in [0.25, 0.3) is 0 Å². The molecule has 0 spiro atoms. The molecule has 0 amide bonds. The number of hydrogen-bond acceptors (Lipinski definition) is 5. The number of carbonyl (C=O) groups excluding carboxylic acids is 2. The fourth-order valence-electron chi connectivity index (χ4n) is 2.76. The van der Waals surface area contributed by atoms with E-state index >= 15 is 0 Å². The Morgan fingerprint density at radius 1 is 0.690 bits per heavy atom. The molecule has 0 aromatic heterocycles. The Hall–Kier alpha value is -2.79. The SMILES string of the molecule is C=C(C)C(=O)Oc1c(C)cc(Sc2cc(C)c(OC(=O)C(=C)C)c(C)c2)cc1C. The topological polar surface area (TPSA) is 52.6 Å². The molecule has 152 valence electrons.